The zero-order valence-corrected chi connectivity index (χ0v) is 18.8. The van der Waals surface area contributed by atoms with E-state index in [1.807, 2.05) is 24.3 Å². The molecule has 0 atom stereocenters. The standard InChI is InChI=1S/C24H22FN3OS2/c1-17-10-12-19(13-11-17)30-15-5-9-22(29)28(16-18-6-2-3-14-26-18)24-27-23-20(25)7-4-8-21(23)31-24/h2-4,6-8,10-14H,5,9,15-16H2,1H3. The highest BCUT2D eigenvalue weighted by Crippen LogP contribution is 2.31. The Hall–Kier alpha value is -2.77. The van der Waals surface area contributed by atoms with E-state index in [9.17, 15) is 9.18 Å². The second kappa shape index (κ2) is 10.0. The number of nitrogens with zero attached hydrogens (tertiary/aromatic N) is 3. The molecule has 2 aromatic heterocycles. The molecule has 0 bridgehead atoms. The summed E-state index contributed by atoms with van der Waals surface area (Å²) in [4.78, 5) is 24.7. The second-order valence-electron chi connectivity index (χ2n) is 7.15. The number of hydrogen-bond donors (Lipinski definition) is 0. The van der Waals surface area contributed by atoms with Crippen LogP contribution in [0.25, 0.3) is 10.2 Å². The molecule has 1 amide bonds. The fourth-order valence-corrected chi connectivity index (χ4v) is 4.97. The molecule has 0 N–H and O–H groups in total. The van der Waals surface area contributed by atoms with Crippen LogP contribution in [0.4, 0.5) is 9.52 Å². The van der Waals surface area contributed by atoms with Crippen LogP contribution < -0.4 is 4.90 Å². The first kappa shape index (κ1) is 21.5. The zero-order chi connectivity index (χ0) is 21.6. The first-order valence-corrected chi connectivity index (χ1v) is 11.8. The van der Waals surface area contributed by atoms with Crippen LogP contribution in [0.15, 0.2) is 71.8 Å². The van der Waals surface area contributed by atoms with Crippen LogP contribution in [0, 0.1) is 12.7 Å². The number of hydrogen-bond acceptors (Lipinski definition) is 5. The van der Waals surface area contributed by atoms with Gasteiger partial charge < -0.3 is 0 Å². The van der Waals surface area contributed by atoms with Crippen LogP contribution in [0.2, 0.25) is 0 Å². The van der Waals surface area contributed by atoms with Gasteiger partial charge in [0.1, 0.15) is 11.3 Å². The largest absolute Gasteiger partial charge is 0.282 e. The number of fused-ring (bicyclic) bond motifs is 1. The summed E-state index contributed by atoms with van der Waals surface area (Å²) in [6.07, 6.45) is 2.84. The number of thiazole rings is 1. The SMILES string of the molecule is Cc1ccc(SCCCC(=O)N(Cc2ccccn2)c2nc3c(F)cccc3s2)cc1. The Bertz CT molecular complexity index is 1160. The lowest BCUT2D eigenvalue weighted by Crippen LogP contribution is -2.30. The predicted octanol–water partition coefficient (Wildman–Crippen LogP) is 6.24. The normalized spacial score (nSPS) is 11.0. The molecule has 31 heavy (non-hydrogen) atoms. The third-order valence-electron chi connectivity index (χ3n) is 4.76. The summed E-state index contributed by atoms with van der Waals surface area (Å²) in [6, 6.07) is 18.9. The Morgan fingerprint density at radius 1 is 1.10 bits per heavy atom. The van der Waals surface area contributed by atoms with Crippen LogP contribution in [0.3, 0.4) is 0 Å². The van der Waals surface area contributed by atoms with E-state index in [1.165, 1.54) is 27.9 Å². The van der Waals surface area contributed by atoms with Gasteiger partial charge in [0.15, 0.2) is 5.13 Å². The minimum atomic E-state index is -0.375. The molecule has 0 fully saturated rings. The van der Waals surface area contributed by atoms with Crippen molar-refractivity contribution in [2.24, 2.45) is 0 Å². The van der Waals surface area contributed by atoms with E-state index in [4.69, 9.17) is 0 Å². The van der Waals surface area contributed by atoms with Crippen molar-refractivity contribution in [3.8, 4) is 0 Å². The van der Waals surface area contributed by atoms with Crippen molar-refractivity contribution in [3.05, 3.63) is 83.9 Å². The Balaban J connectivity index is 1.47. The van der Waals surface area contributed by atoms with Gasteiger partial charge in [0.05, 0.1) is 16.9 Å². The first-order chi connectivity index (χ1) is 15.1. The van der Waals surface area contributed by atoms with E-state index in [1.54, 1.807) is 28.9 Å². The van der Waals surface area contributed by atoms with E-state index in [0.717, 1.165) is 22.6 Å². The maximum Gasteiger partial charge on any atom is 0.229 e. The summed E-state index contributed by atoms with van der Waals surface area (Å²) in [5.41, 5.74) is 2.30. The number of aryl methyl sites for hydroxylation is 1. The topological polar surface area (TPSA) is 46.1 Å². The monoisotopic (exact) mass is 451 g/mol. The molecule has 4 aromatic rings. The summed E-state index contributed by atoms with van der Waals surface area (Å²) in [5.74, 6) is 0.440. The van der Waals surface area contributed by atoms with Crippen molar-refractivity contribution in [2.45, 2.75) is 31.2 Å². The van der Waals surface area contributed by atoms with Gasteiger partial charge in [-0.1, -0.05) is 41.2 Å². The van der Waals surface area contributed by atoms with Crippen molar-refractivity contribution in [1.82, 2.24) is 9.97 Å². The fraction of sp³-hybridized carbons (Fsp3) is 0.208. The third kappa shape index (κ3) is 5.48. The Morgan fingerprint density at radius 2 is 1.94 bits per heavy atom. The summed E-state index contributed by atoms with van der Waals surface area (Å²) >= 11 is 3.07. The van der Waals surface area contributed by atoms with Crippen LogP contribution in [0.5, 0.6) is 0 Å². The molecule has 0 spiro atoms. The zero-order valence-electron chi connectivity index (χ0n) is 17.1. The first-order valence-electron chi connectivity index (χ1n) is 10.0. The number of benzene rings is 2. The molecule has 0 aliphatic heterocycles. The lowest BCUT2D eigenvalue weighted by molar-refractivity contribution is -0.118. The molecule has 0 unspecified atom stereocenters. The third-order valence-corrected chi connectivity index (χ3v) is 6.90. The minimum absolute atomic E-state index is 0.0328. The molecule has 0 saturated heterocycles. The van der Waals surface area contributed by atoms with E-state index < -0.39 is 0 Å². The highest BCUT2D eigenvalue weighted by molar-refractivity contribution is 7.99. The Morgan fingerprint density at radius 3 is 2.68 bits per heavy atom. The van der Waals surface area contributed by atoms with E-state index >= 15 is 0 Å². The molecular formula is C24H22FN3OS2. The second-order valence-corrected chi connectivity index (χ2v) is 9.33. The number of halogens is 1. The van der Waals surface area contributed by atoms with Crippen LogP contribution in [0.1, 0.15) is 24.1 Å². The van der Waals surface area contributed by atoms with Gasteiger partial charge in [-0.2, -0.15) is 0 Å². The maximum absolute atomic E-state index is 14.2. The van der Waals surface area contributed by atoms with Gasteiger partial charge in [-0.05, 0) is 55.5 Å². The molecule has 0 saturated carbocycles. The maximum atomic E-state index is 14.2. The number of carbonyl (C=O) groups is 1. The summed E-state index contributed by atoms with van der Waals surface area (Å²) in [7, 11) is 0. The van der Waals surface area contributed by atoms with Crippen LogP contribution >= 0.6 is 23.1 Å². The number of para-hydroxylation sites is 1. The number of pyridine rings is 1. The van der Waals surface area contributed by atoms with E-state index in [-0.39, 0.29) is 11.7 Å². The number of rotatable bonds is 8. The molecule has 4 rings (SSSR count). The van der Waals surface area contributed by atoms with Gasteiger partial charge >= 0.3 is 0 Å². The van der Waals surface area contributed by atoms with Crippen molar-refractivity contribution in [1.29, 1.82) is 0 Å². The number of amides is 1. The lowest BCUT2D eigenvalue weighted by Gasteiger charge is -2.19. The number of anilines is 1. The summed E-state index contributed by atoms with van der Waals surface area (Å²) in [5, 5.41) is 0.502. The summed E-state index contributed by atoms with van der Waals surface area (Å²) < 4.78 is 14.9. The van der Waals surface area contributed by atoms with Gasteiger partial charge in [-0.15, -0.1) is 11.8 Å². The van der Waals surface area contributed by atoms with E-state index in [2.05, 4.69) is 41.2 Å². The smallest absolute Gasteiger partial charge is 0.229 e. The van der Waals surface area contributed by atoms with Gasteiger partial charge in [-0.3, -0.25) is 14.7 Å². The fourth-order valence-electron chi connectivity index (χ4n) is 3.12. The van der Waals surface area contributed by atoms with Gasteiger partial charge in [0, 0.05) is 17.5 Å². The predicted molar refractivity (Wildman–Crippen MR) is 126 cm³/mol. The average molecular weight is 452 g/mol. The molecule has 0 aliphatic rings. The number of carbonyl (C=O) groups excluding carboxylic acids is 1. The van der Waals surface area contributed by atoms with Gasteiger partial charge in [0.25, 0.3) is 0 Å². The number of aromatic nitrogens is 2. The highest BCUT2D eigenvalue weighted by Gasteiger charge is 2.21. The van der Waals surface area contributed by atoms with Gasteiger partial charge in [-0.25, -0.2) is 9.37 Å². The van der Waals surface area contributed by atoms with Gasteiger partial charge in [0.2, 0.25) is 5.91 Å². The molecule has 7 heteroatoms. The molecule has 2 aromatic carbocycles. The summed E-state index contributed by atoms with van der Waals surface area (Å²) in [6.45, 7) is 2.38. The molecule has 158 valence electrons. The average Bonchev–Trinajstić information content (AvgIpc) is 3.22. The van der Waals surface area contributed by atoms with Crippen molar-refractivity contribution in [2.75, 3.05) is 10.7 Å². The van der Waals surface area contributed by atoms with Crippen molar-refractivity contribution >= 4 is 44.4 Å². The van der Waals surface area contributed by atoms with Crippen molar-refractivity contribution in [3.63, 3.8) is 0 Å². The highest BCUT2D eigenvalue weighted by atomic mass is 32.2. The van der Waals surface area contributed by atoms with E-state index in [0.29, 0.717) is 23.6 Å². The minimum Gasteiger partial charge on any atom is -0.282 e. The number of thioether (sulfide) groups is 1. The molecule has 2 heterocycles. The molecular weight excluding hydrogens is 429 g/mol. The lowest BCUT2D eigenvalue weighted by atomic mass is 10.2. The molecule has 0 radical (unpaired) electrons. The van der Waals surface area contributed by atoms with Crippen LogP contribution in [-0.4, -0.2) is 21.6 Å². The quantitative estimate of drug-likeness (QED) is 0.235. The van der Waals surface area contributed by atoms with Crippen LogP contribution in [-0.2, 0) is 11.3 Å². The Labute approximate surface area is 189 Å². The molecule has 4 nitrogen and oxygen atoms in total. The Kier molecular flexibility index (Phi) is 6.94. The van der Waals surface area contributed by atoms with Crippen molar-refractivity contribution < 1.29 is 9.18 Å². The molecule has 0 aliphatic carbocycles.